The standard InChI is InChI=1S/C10H19N3O3/c1-3-8(9(14)16-2)4-5-12-6-7-13-10(11)15/h4,12H,3,5-7H2,1-2H3,(H3,11,13,15). The van der Waals surface area contributed by atoms with Crippen LogP contribution in [0.5, 0.6) is 0 Å². The van der Waals surface area contributed by atoms with E-state index in [1.54, 1.807) is 6.08 Å². The Morgan fingerprint density at radius 3 is 2.56 bits per heavy atom. The van der Waals surface area contributed by atoms with Gasteiger partial charge in [-0.3, -0.25) is 0 Å². The van der Waals surface area contributed by atoms with Crippen LogP contribution < -0.4 is 16.4 Å². The van der Waals surface area contributed by atoms with Crippen LogP contribution in [0.25, 0.3) is 0 Å². The Balaban J connectivity index is 3.72. The minimum absolute atomic E-state index is 0.306. The fourth-order valence-electron chi connectivity index (χ4n) is 1.07. The van der Waals surface area contributed by atoms with Crippen LogP contribution in [-0.2, 0) is 9.53 Å². The number of hydrogen-bond acceptors (Lipinski definition) is 4. The summed E-state index contributed by atoms with van der Waals surface area (Å²) in [6.07, 6.45) is 2.41. The molecule has 4 N–H and O–H groups in total. The van der Waals surface area contributed by atoms with Crippen molar-refractivity contribution in [2.75, 3.05) is 26.7 Å². The average Bonchev–Trinajstić information content (AvgIpc) is 2.27. The van der Waals surface area contributed by atoms with Gasteiger partial charge >= 0.3 is 12.0 Å². The first-order valence-electron chi connectivity index (χ1n) is 5.13. The number of methoxy groups -OCH3 is 1. The van der Waals surface area contributed by atoms with Gasteiger partial charge in [-0.05, 0) is 6.42 Å². The summed E-state index contributed by atoms with van der Waals surface area (Å²) in [6.45, 7) is 3.50. The van der Waals surface area contributed by atoms with Gasteiger partial charge in [-0.1, -0.05) is 13.0 Å². The zero-order valence-electron chi connectivity index (χ0n) is 9.71. The Bertz CT molecular complexity index is 264. The van der Waals surface area contributed by atoms with E-state index in [-0.39, 0.29) is 5.97 Å². The highest BCUT2D eigenvalue weighted by Gasteiger charge is 2.05. The zero-order chi connectivity index (χ0) is 12.4. The van der Waals surface area contributed by atoms with Crippen molar-refractivity contribution >= 4 is 12.0 Å². The van der Waals surface area contributed by atoms with E-state index < -0.39 is 6.03 Å². The number of rotatable bonds is 7. The second-order valence-corrected chi connectivity index (χ2v) is 3.07. The summed E-state index contributed by atoms with van der Waals surface area (Å²) in [7, 11) is 1.36. The van der Waals surface area contributed by atoms with Gasteiger partial charge in [0, 0.05) is 25.2 Å². The molecule has 6 nitrogen and oxygen atoms in total. The van der Waals surface area contributed by atoms with Crippen LogP contribution in [0.15, 0.2) is 11.6 Å². The maximum atomic E-state index is 11.2. The van der Waals surface area contributed by atoms with Gasteiger partial charge in [0.1, 0.15) is 0 Å². The van der Waals surface area contributed by atoms with Crippen LogP contribution in [-0.4, -0.2) is 38.7 Å². The molecule has 0 rings (SSSR count). The van der Waals surface area contributed by atoms with Gasteiger partial charge in [-0.2, -0.15) is 0 Å². The van der Waals surface area contributed by atoms with E-state index in [1.807, 2.05) is 6.92 Å². The van der Waals surface area contributed by atoms with Crippen molar-refractivity contribution < 1.29 is 14.3 Å². The molecule has 0 aliphatic rings. The third-order valence-corrected chi connectivity index (χ3v) is 1.92. The third kappa shape index (κ3) is 6.83. The minimum atomic E-state index is -0.541. The molecule has 0 atom stereocenters. The number of urea groups is 1. The van der Waals surface area contributed by atoms with Crippen LogP contribution in [0.3, 0.4) is 0 Å². The van der Waals surface area contributed by atoms with Gasteiger partial charge in [0.15, 0.2) is 0 Å². The van der Waals surface area contributed by atoms with Gasteiger partial charge in [0.2, 0.25) is 0 Å². The maximum absolute atomic E-state index is 11.2. The summed E-state index contributed by atoms with van der Waals surface area (Å²) in [5, 5.41) is 5.48. The quantitative estimate of drug-likeness (QED) is 0.319. The predicted molar refractivity (Wildman–Crippen MR) is 60.8 cm³/mol. The van der Waals surface area contributed by atoms with Crippen molar-refractivity contribution in [1.82, 2.24) is 10.6 Å². The van der Waals surface area contributed by atoms with Crippen molar-refractivity contribution in [2.45, 2.75) is 13.3 Å². The molecular weight excluding hydrogens is 210 g/mol. The molecule has 92 valence electrons. The summed E-state index contributed by atoms with van der Waals surface area (Å²) in [6, 6.07) is -0.541. The van der Waals surface area contributed by atoms with Crippen LogP contribution in [0.2, 0.25) is 0 Å². The number of esters is 1. The lowest BCUT2D eigenvalue weighted by molar-refractivity contribution is -0.136. The van der Waals surface area contributed by atoms with Crippen molar-refractivity contribution in [3.8, 4) is 0 Å². The van der Waals surface area contributed by atoms with Crippen LogP contribution in [0.4, 0.5) is 4.79 Å². The SMILES string of the molecule is CCC(=CCNCCNC(N)=O)C(=O)OC. The number of nitrogens with two attached hydrogens (primary N) is 1. The van der Waals surface area contributed by atoms with Gasteiger partial charge in [0.25, 0.3) is 0 Å². The number of amides is 2. The fraction of sp³-hybridized carbons (Fsp3) is 0.600. The lowest BCUT2D eigenvalue weighted by atomic mass is 10.2. The number of nitrogens with one attached hydrogen (secondary N) is 2. The van der Waals surface area contributed by atoms with E-state index in [0.717, 1.165) is 0 Å². The Kier molecular flexibility index (Phi) is 7.87. The third-order valence-electron chi connectivity index (χ3n) is 1.92. The van der Waals surface area contributed by atoms with Crippen molar-refractivity contribution in [3.63, 3.8) is 0 Å². The second-order valence-electron chi connectivity index (χ2n) is 3.07. The normalized spacial score (nSPS) is 11.0. The average molecular weight is 229 g/mol. The number of carbonyl (C=O) groups is 2. The smallest absolute Gasteiger partial charge is 0.333 e. The molecule has 0 saturated heterocycles. The van der Waals surface area contributed by atoms with Crippen LogP contribution in [0, 0.1) is 0 Å². The van der Waals surface area contributed by atoms with E-state index in [4.69, 9.17) is 5.73 Å². The van der Waals surface area contributed by atoms with E-state index in [0.29, 0.717) is 31.6 Å². The first kappa shape index (κ1) is 14.4. The summed E-state index contributed by atoms with van der Waals surface area (Å²) in [5.41, 5.74) is 5.52. The van der Waals surface area contributed by atoms with E-state index >= 15 is 0 Å². The Morgan fingerprint density at radius 2 is 2.06 bits per heavy atom. The highest BCUT2D eigenvalue weighted by atomic mass is 16.5. The number of hydrogen-bond donors (Lipinski definition) is 3. The minimum Gasteiger partial charge on any atom is -0.466 e. The molecule has 0 aromatic heterocycles. The summed E-state index contributed by atoms with van der Waals surface area (Å²) in [5.74, 6) is -0.306. The molecular formula is C10H19N3O3. The first-order chi connectivity index (χ1) is 7.61. The first-order valence-corrected chi connectivity index (χ1v) is 5.13. The molecule has 0 unspecified atom stereocenters. The molecule has 16 heavy (non-hydrogen) atoms. The van der Waals surface area contributed by atoms with E-state index in [2.05, 4.69) is 15.4 Å². The molecule has 0 bridgehead atoms. The molecule has 0 aromatic rings. The molecule has 0 radical (unpaired) electrons. The fourth-order valence-corrected chi connectivity index (χ4v) is 1.07. The molecule has 0 aromatic carbocycles. The summed E-state index contributed by atoms with van der Waals surface area (Å²) < 4.78 is 4.60. The largest absolute Gasteiger partial charge is 0.466 e. The van der Waals surface area contributed by atoms with Crippen molar-refractivity contribution in [1.29, 1.82) is 0 Å². The number of ether oxygens (including phenoxy) is 1. The number of primary amides is 1. The number of carbonyl (C=O) groups excluding carboxylic acids is 2. The molecule has 2 amide bonds. The molecule has 0 fully saturated rings. The molecule has 0 heterocycles. The monoisotopic (exact) mass is 229 g/mol. The molecule has 6 heteroatoms. The van der Waals surface area contributed by atoms with Gasteiger partial charge in [-0.25, -0.2) is 9.59 Å². The Hall–Kier alpha value is -1.56. The summed E-state index contributed by atoms with van der Waals surface area (Å²) >= 11 is 0. The van der Waals surface area contributed by atoms with Crippen LogP contribution in [0.1, 0.15) is 13.3 Å². The molecule has 0 saturated carbocycles. The van der Waals surface area contributed by atoms with Crippen LogP contribution >= 0.6 is 0 Å². The van der Waals surface area contributed by atoms with Crippen molar-refractivity contribution in [2.24, 2.45) is 5.73 Å². The van der Waals surface area contributed by atoms with Gasteiger partial charge in [0.05, 0.1) is 7.11 Å². The lowest BCUT2D eigenvalue weighted by Gasteiger charge is -2.04. The van der Waals surface area contributed by atoms with Gasteiger partial charge < -0.3 is 21.1 Å². The predicted octanol–water partition coefficient (Wildman–Crippen LogP) is -0.246. The zero-order valence-corrected chi connectivity index (χ0v) is 9.71. The highest BCUT2D eigenvalue weighted by molar-refractivity contribution is 5.88. The molecule has 0 aliphatic heterocycles. The lowest BCUT2D eigenvalue weighted by Crippen LogP contribution is -2.35. The van der Waals surface area contributed by atoms with E-state index in [1.165, 1.54) is 7.11 Å². The highest BCUT2D eigenvalue weighted by Crippen LogP contribution is 2.01. The second kappa shape index (κ2) is 8.72. The van der Waals surface area contributed by atoms with Crippen molar-refractivity contribution in [3.05, 3.63) is 11.6 Å². The Labute approximate surface area is 95.2 Å². The molecule has 0 spiro atoms. The van der Waals surface area contributed by atoms with E-state index in [9.17, 15) is 9.59 Å². The summed E-state index contributed by atoms with van der Waals surface area (Å²) in [4.78, 5) is 21.5. The molecule has 0 aliphatic carbocycles. The van der Waals surface area contributed by atoms with Gasteiger partial charge in [-0.15, -0.1) is 0 Å². The topological polar surface area (TPSA) is 93.5 Å². The Morgan fingerprint density at radius 1 is 1.38 bits per heavy atom. The maximum Gasteiger partial charge on any atom is 0.333 e.